The van der Waals surface area contributed by atoms with Crippen LogP contribution in [0, 0.1) is 5.92 Å². The molecule has 1 fully saturated rings. The SMILES string of the molecule is CC(C)CC[C@@]1(C)NC(=O)N(CC(=O)Nc2ccccc2Sc2ccccc2)C1=O. The van der Waals surface area contributed by atoms with E-state index in [2.05, 4.69) is 24.5 Å². The van der Waals surface area contributed by atoms with Crippen LogP contribution in [0.4, 0.5) is 10.5 Å². The largest absolute Gasteiger partial charge is 0.325 e. The van der Waals surface area contributed by atoms with Gasteiger partial charge >= 0.3 is 6.03 Å². The van der Waals surface area contributed by atoms with Crippen molar-refractivity contribution >= 4 is 35.3 Å². The maximum Gasteiger partial charge on any atom is 0.325 e. The lowest BCUT2D eigenvalue weighted by Crippen LogP contribution is -2.44. The van der Waals surface area contributed by atoms with Gasteiger partial charge in [0.05, 0.1) is 5.69 Å². The second-order valence-corrected chi connectivity index (χ2v) is 9.16. The van der Waals surface area contributed by atoms with E-state index in [1.54, 1.807) is 6.92 Å². The van der Waals surface area contributed by atoms with E-state index >= 15 is 0 Å². The highest BCUT2D eigenvalue weighted by Gasteiger charge is 2.47. The second kappa shape index (κ2) is 9.34. The average molecular weight is 426 g/mol. The summed E-state index contributed by atoms with van der Waals surface area (Å²) in [6, 6.07) is 16.8. The van der Waals surface area contributed by atoms with Gasteiger partial charge in [-0.25, -0.2) is 4.79 Å². The van der Waals surface area contributed by atoms with Crippen LogP contribution in [0.1, 0.15) is 33.6 Å². The maximum absolute atomic E-state index is 12.8. The van der Waals surface area contributed by atoms with Crippen molar-refractivity contribution in [3.63, 3.8) is 0 Å². The van der Waals surface area contributed by atoms with Crippen molar-refractivity contribution in [1.82, 2.24) is 10.2 Å². The third-order valence-electron chi connectivity index (χ3n) is 5.00. The Morgan fingerprint density at radius 1 is 1.10 bits per heavy atom. The number of hydrogen-bond acceptors (Lipinski definition) is 4. The number of para-hydroxylation sites is 1. The molecule has 2 aromatic rings. The van der Waals surface area contributed by atoms with E-state index in [0.29, 0.717) is 18.0 Å². The monoisotopic (exact) mass is 425 g/mol. The summed E-state index contributed by atoms with van der Waals surface area (Å²) in [7, 11) is 0. The molecule has 2 N–H and O–H groups in total. The minimum Gasteiger partial charge on any atom is -0.323 e. The summed E-state index contributed by atoms with van der Waals surface area (Å²) in [5.41, 5.74) is -0.311. The van der Waals surface area contributed by atoms with Crippen LogP contribution in [-0.2, 0) is 9.59 Å². The molecule has 0 radical (unpaired) electrons. The number of nitrogens with one attached hydrogen (secondary N) is 2. The Balaban J connectivity index is 1.66. The molecule has 0 spiro atoms. The summed E-state index contributed by atoms with van der Waals surface area (Å²) < 4.78 is 0. The molecule has 0 saturated carbocycles. The van der Waals surface area contributed by atoms with Crippen LogP contribution in [-0.4, -0.2) is 34.8 Å². The molecule has 0 aliphatic carbocycles. The molecule has 0 aromatic heterocycles. The van der Waals surface area contributed by atoms with Gasteiger partial charge in [0.25, 0.3) is 5.91 Å². The van der Waals surface area contributed by atoms with Crippen LogP contribution in [0.3, 0.4) is 0 Å². The number of benzene rings is 2. The van der Waals surface area contributed by atoms with Crippen LogP contribution in [0.5, 0.6) is 0 Å². The normalized spacial score (nSPS) is 18.6. The van der Waals surface area contributed by atoms with Crippen molar-refractivity contribution in [2.45, 2.75) is 48.9 Å². The molecule has 1 heterocycles. The van der Waals surface area contributed by atoms with Gasteiger partial charge in [0.15, 0.2) is 0 Å². The Labute approximate surface area is 181 Å². The number of nitrogens with zero attached hydrogens (tertiary/aromatic N) is 1. The van der Waals surface area contributed by atoms with Gasteiger partial charge in [-0.15, -0.1) is 0 Å². The zero-order valence-electron chi connectivity index (χ0n) is 17.5. The number of rotatable bonds is 8. The first-order valence-electron chi connectivity index (χ1n) is 10.0. The van der Waals surface area contributed by atoms with Gasteiger partial charge in [-0.3, -0.25) is 14.5 Å². The van der Waals surface area contributed by atoms with E-state index in [1.165, 1.54) is 11.8 Å². The Bertz CT molecular complexity index is 932. The van der Waals surface area contributed by atoms with Gasteiger partial charge in [-0.2, -0.15) is 0 Å². The van der Waals surface area contributed by atoms with Crippen molar-refractivity contribution in [1.29, 1.82) is 0 Å². The highest BCUT2D eigenvalue weighted by molar-refractivity contribution is 7.99. The molecule has 6 nitrogen and oxygen atoms in total. The zero-order chi connectivity index (χ0) is 21.7. The highest BCUT2D eigenvalue weighted by atomic mass is 32.2. The first-order chi connectivity index (χ1) is 14.3. The number of urea groups is 1. The molecule has 2 aromatic carbocycles. The van der Waals surface area contributed by atoms with E-state index in [-0.39, 0.29) is 12.5 Å². The number of hydrogen-bond donors (Lipinski definition) is 2. The van der Waals surface area contributed by atoms with Gasteiger partial charge in [0, 0.05) is 9.79 Å². The smallest absolute Gasteiger partial charge is 0.323 e. The van der Waals surface area contributed by atoms with Crippen molar-refractivity contribution < 1.29 is 14.4 Å². The third-order valence-corrected chi connectivity index (χ3v) is 6.08. The Morgan fingerprint density at radius 2 is 1.77 bits per heavy atom. The molecular weight excluding hydrogens is 398 g/mol. The summed E-state index contributed by atoms with van der Waals surface area (Å²) >= 11 is 1.53. The number of anilines is 1. The minimum absolute atomic E-state index is 0.313. The van der Waals surface area contributed by atoms with E-state index in [1.807, 2.05) is 54.6 Å². The second-order valence-electron chi connectivity index (χ2n) is 8.05. The van der Waals surface area contributed by atoms with E-state index in [4.69, 9.17) is 0 Å². The predicted molar refractivity (Wildman–Crippen MR) is 118 cm³/mol. The molecule has 30 heavy (non-hydrogen) atoms. The molecule has 1 aliphatic rings. The maximum atomic E-state index is 12.8. The third kappa shape index (κ3) is 5.21. The van der Waals surface area contributed by atoms with Gasteiger partial charge in [0.2, 0.25) is 5.91 Å². The molecule has 0 bridgehead atoms. The highest BCUT2D eigenvalue weighted by Crippen LogP contribution is 2.33. The minimum atomic E-state index is -0.956. The number of carbonyl (C=O) groups excluding carboxylic acids is 3. The van der Waals surface area contributed by atoms with Crippen molar-refractivity contribution in [2.24, 2.45) is 5.92 Å². The lowest BCUT2D eigenvalue weighted by atomic mass is 9.92. The van der Waals surface area contributed by atoms with Crippen molar-refractivity contribution in [2.75, 3.05) is 11.9 Å². The van der Waals surface area contributed by atoms with Crippen LogP contribution in [0.15, 0.2) is 64.4 Å². The number of carbonyl (C=O) groups is 3. The Kier molecular flexibility index (Phi) is 6.82. The first-order valence-corrected chi connectivity index (χ1v) is 10.9. The first kappa shape index (κ1) is 21.9. The van der Waals surface area contributed by atoms with Crippen molar-refractivity contribution in [3.8, 4) is 0 Å². The van der Waals surface area contributed by atoms with Crippen LogP contribution in [0.2, 0.25) is 0 Å². The van der Waals surface area contributed by atoms with E-state index < -0.39 is 17.5 Å². The van der Waals surface area contributed by atoms with Gasteiger partial charge < -0.3 is 10.6 Å². The van der Waals surface area contributed by atoms with E-state index in [0.717, 1.165) is 21.1 Å². The van der Waals surface area contributed by atoms with Crippen LogP contribution >= 0.6 is 11.8 Å². The predicted octanol–water partition coefficient (Wildman–Crippen LogP) is 4.52. The molecule has 0 unspecified atom stereocenters. The Hall–Kier alpha value is -2.80. The molecule has 1 atom stereocenters. The summed E-state index contributed by atoms with van der Waals surface area (Å²) in [6.07, 6.45) is 1.36. The fourth-order valence-corrected chi connectivity index (χ4v) is 4.17. The molecule has 158 valence electrons. The molecule has 7 heteroatoms. The molecule has 4 amide bonds. The molecular formula is C23H27N3O3S. The standard InChI is InChI=1S/C23H27N3O3S/c1-16(2)13-14-23(3)21(28)26(22(29)25-23)15-20(27)24-18-11-7-8-12-19(18)30-17-9-5-4-6-10-17/h4-12,16H,13-15H2,1-3H3,(H,24,27)(H,25,29)/t23-/m1/s1. The lowest BCUT2D eigenvalue weighted by molar-refractivity contribution is -0.133. The fourth-order valence-electron chi connectivity index (χ4n) is 3.25. The van der Waals surface area contributed by atoms with Gasteiger partial charge in [-0.05, 0) is 49.9 Å². The molecule has 1 saturated heterocycles. The fraction of sp³-hybridized carbons (Fsp3) is 0.348. The number of amides is 4. The van der Waals surface area contributed by atoms with Crippen molar-refractivity contribution in [3.05, 3.63) is 54.6 Å². The Morgan fingerprint density at radius 3 is 2.47 bits per heavy atom. The van der Waals surface area contributed by atoms with Crippen LogP contribution < -0.4 is 10.6 Å². The van der Waals surface area contributed by atoms with Gasteiger partial charge in [0.1, 0.15) is 12.1 Å². The van der Waals surface area contributed by atoms with E-state index in [9.17, 15) is 14.4 Å². The molecule has 3 rings (SSSR count). The molecule has 1 aliphatic heterocycles. The van der Waals surface area contributed by atoms with Crippen LogP contribution in [0.25, 0.3) is 0 Å². The topological polar surface area (TPSA) is 78.5 Å². The quantitative estimate of drug-likeness (QED) is 0.610. The summed E-state index contributed by atoms with van der Waals surface area (Å²) in [6.45, 7) is 5.55. The zero-order valence-corrected chi connectivity index (χ0v) is 18.3. The summed E-state index contributed by atoms with van der Waals surface area (Å²) in [5, 5.41) is 5.59. The lowest BCUT2D eigenvalue weighted by Gasteiger charge is -2.22. The number of imide groups is 1. The van der Waals surface area contributed by atoms with Gasteiger partial charge in [-0.1, -0.05) is 55.9 Å². The summed E-state index contributed by atoms with van der Waals surface area (Å²) in [5.74, 6) is -0.342. The average Bonchev–Trinajstić information content (AvgIpc) is 2.92. The summed E-state index contributed by atoms with van der Waals surface area (Å²) in [4.78, 5) is 40.7.